The Hall–Kier alpha value is -0.0557. The molecule has 0 unspecified atom stereocenters. The van der Waals surface area contributed by atoms with E-state index in [0.29, 0.717) is 0 Å². The summed E-state index contributed by atoms with van der Waals surface area (Å²) in [4.78, 5) is 12.1. The zero-order valence-corrected chi connectivity index (χ0v) is 12.5. The number of carbonyl (C=O) groups is 1. The number of rotatable bonds is 5. The number of hydrogen-bond donors (Lipinski definition) is 1. The van der Waals surface area contributed by atoms with Gasteiger partial charge in [-0.15, -0.1) is 0 Å². The van der Waals surface area contributed by atoms with Crippen LogP contribution in [-0.4, -0.2) is 9.66 Å². The standard InChI is InChI=1S/C11H22O2.H2O.O.Ti/c1-7(2)11(8(3)4,9(5)6)10(12)13;;;/h7-9H,1-6H3,(H,12,13);1H2;;/q;;;+2/p-2. The molecular formula is C11H22O4Ti. The second kappa shape index (κ2) is 6.03. The average molecular weight is 266 g/mol. The zero-order chi connectivity index (χ0) is 13.1. The normalized spacial score (nSPS) is 12.4. The molecule has 0 bridgehead atoms. The van der Waals surface area contributed by atoms with Crippen LogP contribution in [0.5, 0.6) is 0 Å². The van der Waals surface area contributed by atoms with Crippen LogP contribution in [0, 0.1) is 23.2 Å². The van der Waals surface area contributed by atoms with Gasteiger partial charge in [0.15, 0.2) is 0 Å². The van der Waals surface area contributed by atoms with E-state index in [0.717, 1.165) is 0 Å². The van der Waals surface area contributed by atoms with Crippen LogP contribution in [0.15, 0.2) is 0 Å². The van der Waals surface area contributed by atoms with Gasteiger partial charge in [-0.25, -0.2) is 0 Å². The summed E-state index contributed by atoms with van der Waals surface area (Å²) in [7, 11) is 0. The Morgan fingerprint density at radius 2 is 1.38 bits per heavy atom. The van der Waals surface area contributed by atoms with Crippen molar-refractivity contribution in [2.24, 2.45) is 23.2 Å². The predicted molar refractivity (Wildman–Crippen MR) is 55.9 cm³/mol. The summed E-state index contributed by atoms with van der Waals surface area (Å²) >= 11 is -3.80. The molecule has 0 amide bonds. The van der Waals surface area contributed by atoms with Crippen LogP contribution < -0.4 is 0 Å². The molecule has 0 atom stereocenters. The minimum atomic E-state index is -3.80. The molecule has 0 aliphatic rings. The third-order valence-corrected chi connectivity index (χ3v) is 3.96. The molecule has 0 aliphatic heterocycles. The molecule has 0 heterocycles. The van der Waals surface area contributed by atoms with Gasteiger partial charge in [0.05, 0.1) is 0 Å². The fraction of sp³-hybridized carbons (Fsp3) is 0.909. The van der Waals surface area contributed by atoms with E-state index in [2.05, 4.69) is 3.32 Å². The third kappa shape index (κ3) is 2.99. The van der Waals surface area contributed by atoms with Gasteiger partial charge in [-0.1, -0.05) is 0 Å². The van der Waals surface area contributed by atoms with Gasteiger partial charge in [-0.3, -0.25) is 0 Å². The van der Waals surface area contributed by atoms with E-state index >= 15 is 0 Å². The van der Waals surface area contributed by atoms with Crippen molar-refractivity contribution in [1.29, 1.82) is 0 Å². The molecule has 0 spiro atoms. The molecule has 16 heavy (non-hydrogen) atoms. The van der Waals surface area contributed by atoms with Gasteiger partial charge in [-0.2, -0.15) is 0 Å². The molecule has 94 valence electrons. The first-order valence-electron chi connectivity index (χ1n) is 5.62. The molecule has 0 aliphatic carbocycles. The molecular weight excluding hydrogens is 244 g/mol. The first kappa shape index (κ1) is 15.9. The molecule has 0 radical (unpaired) electrons. The van der Waals surface area contributed by atoms with Gasteiger partial charge in [0.1, 0.15) is 0 Å². The maximum atomic E-state index is 12.1. The summed E-state index contributed by atoms with van der Waals surface area (Å²) in [6, 6.07) is 0. The quantitative estimate of drug-likeness (QED) is 0.775. The van der Waals surface area contributed by atoms with Crippen molar-refractivity contribution < 1.29 is 33.7 Å². The third-order valence-electron chi connectivity index (χ3n) is 3.40. The number of carbonyl (C=O) groups excluding carboxylic acids is 1. The molecule has 0 aromatic rings. The topological polar surface area (TPSA) is 63.6 Å². The van der Waals surface area contributed by atoms with Gasteiger partial charge in [0.2, 0.25) is 0 Å². The summed E-state index contributed by atoms with van der Waals surface area (Å²) in [6.07, 6.45) is 0. The fourth-order valence-electron chi connectivity index (χ4n) is 2.87. The van der Waals surface area contributed by atoms with E-state index in [9.17, 15) is 8.12 Å². The predicted octanol–water partition coefficient (Wildman–Crippen LogP) is 2.27. The Kier molecular flexibility index (Phi) is 6.01. The van der Waals surface area contributed by atoms with E-state index in [4.69, 9.17) is 3.69 Å². The number of hydrogen-bond acceptors (Lipinski definition) is 3. The Balaban J connectivity index is 5.35. The Morgan fingerprint density at radius 1 is 1.06 bits per heavy atom. The van der Waals surface area contributed by atoms with Crippen LogP contribution in [0.4, 0.5) is 0 Å². The minimum absolute atomic E-state index is 0.0672. The first-order chi connectivity index (χ1) is 7.17. The Labute approximate surface area is 104 Å². The molecule has 1 N–H and O–H groups in total. The molecule has 4 nitrogen and oxygen atoms in total. The van der Waals surface area contributed by atoms with Crippen LogP contribution >= 0.6 is 0 Å². The summed E-state index contributed by atoms with van der Waals surface area (Å²) in [6.45, 7) is 11.7. The fourth-order valence-corrected chi connectivity index (χ4v) is 3.40. The monoisotopic (exact) mass is 266 g/mol. The summed E-state index contributed by atoms with van der Waals surface area (Å²) in [5.74, 6) is -0.326. The molecule has 0 saturated heterocycles. The second-order valence-electron chi connectivity index (χ2n) is 5.05. The first-order valence-corrected chi connectivity index (χ1v) is 7.59. The average Bonchev–Trinajstić information content (AvgIpc) is 1.99. The van der Waals surface area contributed by atoms with Crippen molar-refractivity contribution in [2.45, 2.75) is 41.5 Å². The molecule has 0 rings (SSSR count). The Bertz CT molecular complexity index is 249. The van der Waals surface area contributed by atoms with Crippen LogP contribution in [0.25, 0.3) is 0 Å². The maximum absolute atomic E-state index is 12.1. The molecule has 0 aromatic heterocycles. The summed E-state index contributed by atoms with van der Waals surface area (Å²) in [5.41, 5.74) is -0.689. The molecule has 0 fully saturated rings. The van der Waals surface area contributed by atoms with Gasteiger partial charge >= 0.3 is 104 Å². The zero-order valence-electron chi connectivity index (χ0n) is 10.9. The second-order valence-corrected chi connectivity index (χ2v) is 6.20. The van der Waals surface area contributed by atoms with Crippen molar-refractivity contribution in [1.82, 2.24) is 0 Å². The molecule has 5 heteroatoms. The van der Waals surface area contributed by atoms with Crippen LogP contribution in [0.1, 0.15) is 41.5 Å². The van der Waals surface area contributed by atoms with E-state index < -0.39 is 30.0 Å². The van der Waals surface area contributed by atoms with Gasteiger partial charge in [0, 0.05) is 0 Å². The Morgan fingerprint density at radius 3 is 1.56 bits per heavy atom. The van der Waals surface area contributed by atoms with Gasteiger partial charge in [-0.05, 0) is 0 Å². The van der Waals surface area contributed by atoms with Crippen molar-refractivity contribution in [3.8, 4) is 0 Å². The van der Waals surface area contributed by atoms with Gasteiger partial charge in [0.25, 0.3) is 0 Å². The summed E-state index contributed by atoms with van der Waals surface area (Å²) < 4.78 is 24.2. The molecule has 0 aromatic carbocycles. The van der Waals surface area contributed by atoms with Crippen LogP contribution in [-0.2, 0) is 30.1 Å². The summed E-state index contributed by atoms with van der Waals surface area (Å²) in [5, 5.41) is 0. The van der Waals surface area contributed by atoms with E-state index in [-0.39, 0.29) is 17.8 Å². The van der Waals surface area contributed by atoms with Crippen molar-refractivity contribution in [2.75, 3.05) is 0 Å². The van der Waals surface area contributed by atoms with Crippen LogP contribution in [0.3, 0.4) is 0 Å². The molecule has 0 saturated carbocycles. The van der Waals surface area contributed by atoms with Crippen molar-refractivity contribution in [3.05, 3.63) is 0 Å². The van der Waals surface area contributed by atoms with Crippen molar-refractivity contribution >= 4 is 5.97 Å². The van der Waals surface area contributed by atoms with E-state index in [1.807, 2.05) is 41.5 Å². The van der Waals surface area contributed by atoms with E-state index in [1.54, 1.807) is 0 Å². The van der Waals surface area contributed by atoms with Gasteiger partial charge < -0.3 is 0 Å². The van der Waals surface area contributed by atoms with E-state index in [1.165, 1.54) is 0 Å². The van der Waals surface area contributed by atoms with Crippen molar-refractivity contribution in [3.63, 3.8) is 0 Å². The van der Waals surface area contributed by atoms with Crippen LogP contribution in [0.2, 0.25) is 0 Å². The SMILES string of the molecule is CC(C)C(C(=O)[O][Ti](=[O])[OH])(C(C)C)C(C)C.